The van der Waals surface area contributed by atoms with Crippen LogP contribution in [0.25, 0.3) is 6.08 Å². The van der Waals surface area contributed by atoms with Gasteiger partial charge in [0, 0.05) is 31.8 Å². The first-order valence-corrected chi connectivity index (χ1v) is 12.5. The number of hydrogen-bond donors (Lipinski definition) is 0. The van der Waals surface area contributed by atoms with Crippen molar-refractivity contribution >= 4 is 46.1 Å². The highest BCUT2D eigenvalue weighted by molar-refractivity contribution is 8.26. The van der Waals surface area contributed by atoms with E-state index < -0.39 is 0 Å². The van der Waals surface area contributed by atoms with Crippen molar-refractivity contribution in [3.63, 3.8) is 0 Å². The molecule has 1 amide bonds. The number of nitriles is 1. The SMILES string of the molecule is CCCn1c(N2CCCC2)c(/C=C2\SC(=S)N(CC3CCCO3)C2=O)c(C)c(C#N)c1=O. The van der Waals surface area contributed by atoms with Gasteiger partial charge in [-0.25, -0.2) is 0 Å². The van der Waals surface area contributed by atoms with Crippen LogP contribution in [0.3, 0.4) is 0 Å². The van der Waals surface area contributed by atoms with E-state index in [9.17, 15) is 14.9 Å². The number of carbonyl (C=O) groups excluding carboxylic acids is 1. The highest BCUT2D eigenvalue weighted by Gasteiger charge is 2.35. The summed E-state index contributed by atoms with van der Waals surface area (Å²) in [5.74, 6) is 0.685. The summed E-state index contributed by atoms with van der Waals surface area (Å²) in [4.78, 5) is 30.7. The van der Waals surface area contributed by atoms with Crippen molar-refractivity contribution in [2.75, 3.05) is 31.1 Å². The van der Waals surface area contributed by atoms with Crippen LogP contribution in [0.5, 0.6) is 0 Å². The molecule has 3 aliphatic rings. The molecule has 4 rings (SSSR count). The summed E-state index contributed by atoms with van der Waals surface area (Å²) < 4.78 is 7.94. The van der Waals surface area contributed by atoms with Crippen molar-refractivity contribution in [1.29, 1.82) is 5.26 Å². The summed E-state index contributed by atoms with van der Waals surface area (Å²) in [6, 6.07) is 2.10. The third kappa shape index (κ3) is 4.24. The molecule has 7 nitrogen and oxygen atoms in total. The summed E-state index contributed by atoms with van der Waals surface area (Å²) in [6.45, 7) is 7.25. The van der Waals surface area contributed by atoms with Gasteiger partial charge in [0.15, 0.2) is 0 Å². The molecule has 0 radical (unpaired) electrons. The molecule has 0 bridgehead atoms. The summed E-state index contributed by atoms with van der Waals surface area (Å²) in [5, 5.41) is 9.72. The number of hydrogen-bond acceptors (Lipinski definition) is 7. The first kappa shape index (κ1) is 23.0. The summed E-state index contributed by atoms with van der Waals surface area (Å²) in [7, 11) is 0. The van der Waals surface area contributed by atoms with E-state index in [-0.39, 0.29) is 23.1 Å². The molecule has 3 aliphatic heterocycles. The van der Waals surface area contributed by atoms with Crippen LogP contribution in [-0.2, 0) is 16.1 Å². The summed E-state index contributed by atoms with van der Waals surface area (Å²) >= 11 is 6.79. The fourth-order valence-corrected chi connectivity index (χ4v) is 5.88. The third-order valence-electron chi connectivity index (χ3n) is 6.26. The molecule has 3 fully saturated rings. The molecule has 1 aromatic rings. The zero-order chi connectivity index (χ0) is 22.8. The quantitative estimate of drug-likeness (QED) is 0.464. The van der Waals surface area contributed by atoms with E-state index in [0.29, 0.717) is 27.9 Å². The third-order valence-corrected chi connectivity index (χ3v) is 7.64. The summed E-state index contributed by atoms with van der Waals surface area (Å²) in [5.41, 5.74) is 1.28. The average molecular weight is 473 g/mol. The van der Waals surface area contributed by atoms with Gasteiger partial charge in [-0.15, -0.1) is 0 Å². The molecule has 0 spiro atoms. The molecule has 4 heterocycles. The predicted molar refractivity (Wildman–Crippen MR) is 131 cm³/mol. The number of carbonyl (C=O) groups is 1. The van der Waals surface area contributed by atoms with E-state index >= 15 is 0 Å². The van der Waals surface area contributed by atoms with E-state index in [4.69, 9.17) is 17.0 Å². The fraction of sp³-hybridized carbons (Fsp3) is 0.565. The highest BCUT2D eigenvalue weighted by atomic mass is 32.2. The largest absolute Gasteiger partial charge is 0.376 e. The lowest BCUT2D eigenvalue weighted by Gasteiger charge is -2.26. The average Bonchev–Trinajstić information content (AvgIpc) is 3.52. The van der Waals surface area contributed by atoms with Crippen LogP contribution in [0, 0.1) is 18.3 Å². The Kier molecular flexibility index (Phi) is 7.03. The molecule has 32 heavy (non-hydrogen) atoms. The number of rotatable bonds is 6. The molecule has 1 aromatic heterocycles. The standard InChI is InChI=1S/C23H28N4O3S2/c1-3-8-26-20(25-9-4-5-10-25)17(15(2)18(13-24)21(26)28)12-19-22(29)27(23(31)32-19)14-16-7-6-11-30-16/h12,16H,3-11,14H2,1-2H3/b19-12-. The molecule has 1 unspecified atom stereocenters. The van der Waals surface area contributed by atoms with E-state index in [2.05, 4.69) is 11.0 Å². The predicted octanol–water partition coefficient (Wildman–Crippen LogP) is 3.42. The Labute approximate surface area is 198 Å². The minimum atomic E-state index is -0.253. The topological polar surface area (TPSA) is 78.6 Å². The lowest BCUT2D eigenvalue weighted by molar-refractivity contribution is -0.123. The van der Waals surface area contributed by atoms with Crippen LogP contribution >= 0.6 is 24.0 Å². The van der Waals surface area contributed by atoms with Gasteiger partial charge in [0.2, 0.25) is 0 Å². The second-order valence-electron chi connectivity index (χ2n) is 8.43. The molecule has 0 aromatic carbocycles. The maximum Gasteiger partial charge on any atom is 0.270 e. The van der Waals surface area contributed by atoms with Gasteiger partial charge < -0.3 is 9.64 Å². The van der Waals surface area contributed by atoms with Gasteiger partial charge in [0.25, 0.3) is 11.5 Å². The lowest BCUT2D eigenvalue weighted by atomic mass is 10.0. The lowest BCUT2D eigenvalue weighted by Crippen LogP contribution is -2.35. The number of thiocarbonyl (C=S) groups is 1. The molecule has 0 N–H and O–H groups in total. The van der Waals surface area contributed by atoms with Crippen LogP contribution in [0.15, 0.2) is 9.70 Å². The van der Waals surface area contributed by atoms with Crippen molar-refractivity contribution in [3.8, 4) is 6.07 Å². The minimum absolute atomic E-state index is 0.0235. The molecular weight excluding hydrogens is 444 g/mol. The van der Waals surface area contributed by atoms with Crippen molar-refractivity contribution in [2.24, 2.45) is 0 Å². The van der Waals surface area contributed by atoms with E-state index in [1.165, 1.54) is 11.8 Å². The number of thioether (sulfide) groups is 1. The van der Waals surface area contributed by atoms with Crippen molar-refractivity contribution in [2.45, 2.75) is 58.6 Å². The fourth-order valence-electron chi connectivity index (χ4n) is 4.63. The number of anilines is 1. The Balaban J connectivity index is 1.80. The van der Waals surface area contributed by atoms with E-state index in [1.807, 2.05) is 13.0 Å². The molecule has 1 atom stereocenters. The van der Waals surface area contributed by atoms with Gasteiger partial charge in [-0.1, -0.05) is 30.9 Å². The van der Waals surface area contributed by atoms with Gasteiger partial charge in [0.05, 0.1) is 17.6 Å². The first-order chi connectivity index (χ1) is 15.5. The van der Waals surface area contributed by atoms with Gasteiger partial charge in [-0.2, -0.15) is 5.26 Å². The number of ether oxygens (including phenoxy) is 1. The molecule has 0 aliphatic carbocycles. The number of aromatic nitrogens is 1. The second kappa shape index (κ2) is 9.77. The van der Waals surface area contributed by atoms with Gasteiger partial charge >= 0.3 is 0 Å². The zero-order valence-corrected chi connectivity index (χ0v) is 20.2. The zero-order valence-electron chi connectivity index (χ0n) is 18.6. The Morgan fingerprint density at radius 1 is 1.28 bits per heavy atom. The maximum atomic E-state index is 13.2. The van der Waals surface area contributed by atoms with E-state index in [1.54, 1.807) is 16.4 Å². The van der Waals surface area contributed by atoms with Gasteiger partial charge in [-0.3, -0.25) is 19.1 Å². The second-order valence-corrected chi connectivity index (χ2v) is 10.1. The Bertz CT molecular complexity index is 1060. The van der Waals surface area contributed by atoms with Crippen molar-refractivity contribution in [1.82, 2.24) is 9.47 Å². The number of pyridine rings is 1. The monoisotopic (exact) mass is 472 g/mol. The van der Waals surface area contributed by atoms with E-state index in [0.717, 1.165) is 63.2 Å². The number of nitrogens with zero attached hydrogens (tertiary/aromatic N) is 4. The van der Waals surface area contributed by atoms with Crippen molar-refractivity contribution in [3.05, 3.63) is 31.9 Å². The minimum Gasteiger partial charge on any atom is -0.376 e. The van der Waals surface area contributed by atoms with Crippen LogP contribution in [0.2, 0.25) is 0 Å². The van der Waals surface area contributed by atoms with Crippen LogP contribution in [-0.4, -0.2) is 52.0 Å². The number of amides is 1. The Morgan fingerprint density at radius 2 is 2.03 bits per heavy atom. The maximum absolute atomic E-state index is 13.2. The molecule has 9 heteroatoms. The Hall–Kier alpha value is -2.15. The molecule has 170 valence electrons. The Morgan fingerprint density at radius 3 is 2.66 bits per heavy atom. The molecular formula is C23H28N4O3S2. The first-order valence-electron chi connectivity index (χ1n) is 11.3. The molecule has 3 saturated heterocycles. The van der Waals surface area contributed by atoms with Gasteiger partial charge in [-0.05, 0) is 50.7 Å². The summed E-state index contributed by atoms with van der Waals surface area (Å²) in [6.07, 6.45) is 6.69. The normalized spacial score (nSPS) is 22.4. The van der Waals surface area contributed by atoms with Crippen LogP contribution in [0.1, 0.15) is 55.7 Å². The van der Waals surface area contributed by atoms with Crippen molar-refractivity contribution < 1.29 is 9.53 Å². The smallest absolute Gasteiger partial charge is 0.270 e. The molecule has 0 saturated carbocycles. The van der Waals surface area contributed by atoms with Gasteiger partial charge in [0.1, 0.15) is 21.8 Å². The van der Waals surface area contributed by atoms with Crippen LogP contribution < -0.4 is 10.5 Å². The van der Waals surface area contributed by atoms with Crippen LogP contribution in [0.4, 0.5) is 5.82 Å². The highest BCUT2D eigenvalue weighted by Crippen LogP contribution is 2.37.